The predicted molar refractivity (Wildman–Crippen MR) is 120 cm³/mol. The second kappa shape index (κ2) is 7.60. The van der Waals surface area contributed by atoms with Crippen LogP contribution in [0.4, 0.5) is 0 Å². The summed E-state index contributed by atoms with van der Waals surface area (Å²) in [6.45, 7) is 10.8. The van der Waals surface area contributed by atoms with Gasteiger partial charge >= 0.3 is 5.97 Å². The van der Waals surface area contributed by atoms with Crippen molar-refractivity contribution >= 4 is 11.7 Å². The molecule has 1 aromatic heterocycles. The van der Waals surface area contributed by atoms with Gasteiger partial charge in [0.2, 0.25) is 0 Å². The van der Waals surface area contributed by atoms with Gasteiger partial charge in [0.15, 0.2) is 0 Å². The second-order valence-corrected chi connectivity index (χ2v) is 9.13. The van der Waals surface area contributed by atoms with Crippen LogP contribution < -0.4 is 0 Å². The van der Waals surface area contributed by atoms with Crippen molar-refractivity contribution in [2.45, 2.75) is 47.5 Å². The largest absolute Gasteiger partial charge is 0.365 e. The van der Waals surface area contributed by atoms with Gasteiger partial charge in [0.1, 0.15) is 0 Å². The van der Waals surface area contributed by atoms with E-state index >= 15 is 0 Å². The van der Waals surface area contributed by atoms with Gasteiger partial charge in [-0.1, -0.05) is 43.3 Å². The van der Waals surface area contributed by atoms with Crippen LogP contribution in [0.15, 0.2) is 59.8 Å². The fraction of sp³-hybridized carbons (Fsp3) is 0.308. The van der Waals surface area contributed by atoms with Gasteiger partial charge in [-0.15, -0.1) is 0 Å². The average Bonchev–Trinajstić information content (AvgIpc) is 3.00. The van der Waals surface area contributed by atoms with Gasteiger partial charge in [0, 0.05) is 22.6 Å². The summed E-state index contributed by atoms with van der Waals surface area (Å²) in [5, 5.41) is 4.33. The number of nitrogens with zero attached hydrogens (tertiary/aromatic N) is 2. The lowest BCUT2D eigenvalue weighted by molar-refractivity contribution is 0.0514. The SMILES string of the molecule is Cc1cc(C)cc(-n2c(C)cc3c2CC(C)(C)C/C3=N\OC(=O)c2ccccc2)c1. The Labute approximate surface area is 178 Å². The normalized spacial score (nSPS) is 16.4. The summed E-state index contributed by atoms with van der Waals surface area (Å²) >= 11 is 0. The number of benzene rings is 2. The zero-order chi connectivity index (χ0) is 21.5. The van der Waals surface area contributed by atoms with Gasteiger partial charge in [-0.25, -0.2) is 4.79 Å². The van der Waals surface area contributed by atoms with E-state index in [9.17, 15) is 4.79 Å². The first kappa shape index (κ1) is 20.1. The number of oxime groups is 1. The van der Waals surface area contributed by atoms with E-state index in [4.69, 9.17) is 4.84 Å². The van der Waals surface area contributed by atoms with Crippen LogP contribution in [0, 0.1) is 26.2 Å². The number of carbonyl (C=O) groups excluding carboxylic acids is 1. The molecule has 0 aliphatic heterocycles. The van der Waals surface area contributed by atoms with E-state index in [0.29, 0.717) is 5.56 Å². The van der Waals surface area contributed by atoms with Crippen molar-refractivity contribution in [2.24, 2.45) is 10.6 Å². The molecule has 3 aromatic rings. The molecule has 1 aliphatic rings. The topological polar surface area (TPSA) is 43.6 Å². The van der Waals surface area contributed by atoms with Crippen molar-refractivity contribution in [3.05, 3.63) is 88.2 Å². The second-order valence-electron chi connectivity index (χ2n) is 9.13. The summed E-state index contributed by atoms with van der Waals surface area (Å²) < 4.78 is 2.32. The van der Waals surface area contributed by atoms with E-state index in [1.165, 1.54) is 22.5 Å². The number of hydrogen-bond donors (Lipinski definition) is 0. The predicted octanol–water partition coefficient (Wildman–Crippen LogP) is 5.94. The highest BCUT2D eigenvalue weighted by Gasteiger charge is 2.34. The Kier molecular flexibility index (Phi) is 5.10. The van der Waals surface area contributed by atoms with Crippen LogP contribution in [0.5, 0.6) is 0 Å². The third kappa shape index (κ3) is 3.95. The minimum absolute atomic E-state index is 0.0202. The zero-order valence-corrected chi connectivity index (χ0v) is 18.3. The third-order valence-electron chi connectivity index (χ3n) is 5.60. The zero-order valence-electron chi connectivity index (χ0n) is 18.3. The van der Waals surface area contributed by atoms with Crippen LogP contribution in [0.3, 0.4) is 0 Å². The Bertz CT molecular complexity index is 1120. The summed E-state index contributed by atoms with van der Waals surface area (Å²) in [5.74, 6) is -0.432. The van der Waals surface area contributed by atoms with Crippen LogP contribution in [0.1, 0.15) is 58.7 Å². The fourth-order valence-corrected chi connectivity index (χ4v) is 4.42. The number of aromatic nitrogens is 1. The molecule has 0 atom stereocenters. The number of fused-ring (bicyclic) bond motifs is 1. The molecule has 0 fully saturated rings. The lowest BCUT2D eigenvalue weighted by Crippen LogP contribution is -2.28. The molecule has 1 aliphatic carbocycles. The van der Waals surface area contributed by atoms with Crippen molar-refractivity contribution in [3.63, 3.8) is 0 Å². The summed E-state index contributed by atoms with van der Waals surface area (Å²) in [6.07, 6.45) is 1.70. The Morgan fingerprint density at radius 2 is 1.63 bits per heavy atom. The maximum atomic E-state index is 12.4. The Balaban J connectivity index is 1.75. The number of rotatable bonds is 3. The van der Waals surface area contributed by atoms with Gasteiger partial charge in [0.05, 0.1) is 11.3 Å². The molecule has 0 N–H and O–H groups in total. The van der Waals surface area contributed by atoms with E-state index in [1.54, 1.807) is 12.1 Å². The minimum Gasteiger partial charge on any atom is -0.318 e. The molecule has 2 aromatic carbocycles. The highest BCUT2D eigenvalue weighted by molar-refractivity contribution is 6.03. The van der Waals surface area contributed by atoms with E-state index in [-0.39, 0.29) is 5.41 Å². The smallest absolute Gasteiger partial charge is 0.318 e. The van der Waals surface area contributed by atoms with Crippen molar-refractivity contribution < 1.29 is 9.63 Å². The summed E-state index contributed by atoms with van der Waals surface area (Å²) in [7, 11) is 0. The Hall–Kier alpha value is -3.14. The van der Waals surface area contributed by atoms with E-state index in [0.717, 1.165) is 29.8 Å². The van der Waals surface area contributed by atoms with Crippen molar-refractivity contribution in [3.8, 4) is 5.69 Å². The summed E-state index contributed by atoms with van der Waals surface area (Å²) in [5.41, 5.74) is 8.47. The molecule has 0 amide bonds. The standard InChI is InChI=1S/C26H28N2O2/c1-17-11-18(2)13-21(12-17)28-19(3)14-22-23(15-26(4,5)16-24(22)28)27-30-25(29)20-9-7-6-8-10-20/h6-14H,15-16H2,1-5H3/b27-23+. The van der Waals surface area contributed by atoms with Crippen molar-refractivity contribution in [1.82, 2.24) is 4.57 Å². The maximum absolute atomic E-state index is 12.4. The van der Waals surface area contributed by atoms with Gasteiger partial charge in [-0.3, -0.25) is 0 Å². The quantitative estimate of drug-likeness (QED) is 0.404. The molecule has 0 saturated carbocycles. The van der Waals surface area contributed by atoms with Crippen LogP contribution in [-0.2, 0) is 11.3 Å². The average molecular weight is 401 g/mol. The molecule has 1 heterocycles. The van der Waals surface area contributed by atoms with Crippen LogP contribution in [0.2, 0.25) is 0 Å². The lowest BCUT2D eigenvalue weighted by atomic mass is 9.76. The van der Waals surface area contributed by atoms with Gasteiger partial charge in [-0.2, -0.15) is 0 Å². The summed E-state index contributed by atoms with van der Waals surface area (Å²) in [6, 6.07) is 17.8. The first-order valence-corrected chi connectivity index (χ1v) is 10.4. The molecule has 0 unspecified atom stereocenters. The van der Waals surface area contributed by atoms with Crippen molar-refractivity contribution in [2.75, 3.05) is 0 Å². The van der Waals surface area contributed by atoms with Gasteiger partial charge in [-0.05, 0) is 80.5 Å². The molecule has 154 valence electrons. The van der Waals surface area contributed by atoms with Crippen LogP contribution >= 0.6 is 0 Å². The summed E-state index contributed by atoms with van der Waals surface area (Å²) in [4.78, 5) is 17.7. The lowest BCUT2D eigenvalue weighted by Gasteiger charge is -2.31. The Morgan fingerprint density at radius 1 is 0.967 bits per heavy atom. The van der Waals surface area contributed by atoms with Crippen molar-refractivity contribution in [1.29, 1.82) is 0 Å². The maximum Gasteiger partial charge on any atom is 0.365 e. The highest BCUT2D eigenvalue weighted by atomic mass is 16.7. The minimum atomic E-state index is -0.432. The molecular weight excluding hydrogens is 372 g/mol. The molecule has 30 heavy (non-hydrogen) atoms. The van der Waals surface area contributed by atoms with E-state index in [2.05, 4.69) is 68.6 Å². The molecular formula is C26H28N2O2. The van der Waals surface area contributed by atoms with Gasteiger partial charge in [0.25, 0.3) is 0 Å². The van der Waals surface area contributed by atoms with E-state index in [1.807, 2.05) is 18.2 Å². The highest BCUT2D eigenvalue weighted by Crippen LogP contribution is 2.38. The van der Waals surface area contributed by atoms with E-state index < -0.39 is 5.97 Å². The Morgan fingerprint density at radius 3 is 2.30 bits per heavy atom. The third-order valence-corrected chi connectivity index (χ3v) is 5.60. The molecule has 0 bridgehead atoms. The number of aryl methyl sites for hydroxylation is 3. The fourth-order valence-electron chi connectivity index (χ4n) is 4.42. The van der Waals surface area contributed by atoms with Crippen LogP contribution in [0.25, 0.3) is 5.69 Å². The molecule has 4 nitrogen and oxygen atoms in total. The molecule has 0 spiro atoms. The number of hydrogen-bond acceptors (Lipinski definition) is 3. The monoisotopic (exact) mass is 400 g/mol. The molecule has 4 rings (SSSR count). The number of carbonyl (C=O) groups is 1. The first-order chi connectivity index (χ1) is 14.2. The molecule has 0 radical (unpaired) electrons. The first-order valence-electron chi connectivity index (χ1n) is 10.4. The molecule has 0 saturated heterocycles. The molecule has 4 heteroatoms. The van der Waals surface area contributed by atoms with Crippen LogP contribution in [-0.4, -0.2) is 16.2 Å². The van der Waals surface area contributed by atoms with Gasteiger partial charge < -0.3 is 9.40 Å².